The molecule has 0 heterocycles. The summed E-state index contributed by atoms with van der Waals surface area (Å²) in [5, 5.41) is 10.1. The molecule has 0 bridgehead atoms. The lowest BCUT2D eigenvalue weighted by atomic mass is 9.62. The summed E-state index contributed by atoms with van der Waals surface area (Å²) in [5.74, 6) is -2.46. The number of ketones is 3. The van der Waals surface area contributed by atoms with Crippen molar-refractivity contribution < 1.29 is 19.5 Å². The van der Waals surface area contributed by atoms with Crippen LogP contribution >= 0.6 is 0 Å². The summed E-state index contributed by atoms with van der Waals surface area (Å²) in [5.41, 5.74) is -1.33. The smallest absolute Gasteiger partial charge is 0.146 e. The summed E-state index contributed by atoms with van der Waals surface area (Å²) in [6.07, 6.45) is -0.119. The minimum absolute atomic E-state index is 0.119. The van der Waals surface area contributed by atoms with E-state index in [0.29, 0.717) is 0 Å². The van der Waals surface area contributed by atoms with Crippen molar-refractivity contribution in [1.29, 1.82) is 0 Å². The lowest BCUT2D eigenvalue weighted by molar-refractivity contribution is -0.155. The maximum absolute atomic E-state index is 11.7. The van der Waals surface area contributed by atoms with Crippen molar-refractivity contribution >= 4 is 17.3 Å². The van der Waals surface area contributed by atoms with Gasteiger partial charge in [0, 0.05) is 12.3 Å². The minimum Gasteiger partial charge on any atom is -0.389 e. The van der Waals surface area contributed by atoms with E-state index in [0.717, 1.165) is 0 Å². The van der Waals surface area contributed by atoms with Gasteiger partial charge < -0.3 is 5.11 Å². The summed E-state index contributed by atoms with van der Waals surface area (Å²) in [6.45, 7) is 5.92. The van der Waals surface area contributed by atoms with E-state index in [4.69, 9.17) is 0 Å². The van der Waals surface area contributed by atoms with E-state index in [2.05, 4.69) is 0 Å². The molecule has 0 amide bonds. The van der Waals surface area contributed by atoms with Crippen molar-refractivity contribution in [1.82, 2.24) is 0 Å². The lowest BCUT2D eigenvalue weighted by Gasteiger charge is -2.42. The predicted octanol–water partition coefficient (Wildman–Crippen LogP) is 0.757. The Morgan fingerprint density at radius 1 is 1.31 bits per heavy atom. The number of Topliss-reactive ketones (excluding diaryl/α,β-unsaturated/α-hetero) is 3. The lowest BCUT2D eigenvalue weighted by Crippen LogP contribution is -2.54. The highest BCUT2D eigenvalue weighted by Gasteiger charge is 2.51. The predicted molar refractivity (Wildman–Crippen MR) is 57.8 cm³/mol. The molecule has 1 saturated carbocycles. The van der Waals surface area contributed by atoms with Gasteiger partial charge in [0.1, 0.15) is 17.3 Å². The first-order chi connectivity index (χ1) is 7.18. The van der Waals surface area contributed by atoms with Crippen molar-refractivity contribution in [2.45, 2.75) is 39.7 Å². The second-order valence-electron chi connectivity index (χ2n) is 5.04. The van der Waals surface area contributed by atoms with Crippen molar-refractivity contribution in [3.63, 3.8) is 0 Å². The van der Waals surface area contributed by atoms with Crippen LogP contribution in [0.4, 0.5) is 0 Å². The van der Waals surface area contributed by atoms with Gasteiger partial charge in [-0.05, 0) is 26.7 Å². The Morgan fingerprint density at radius 3 is 2.19 bits per heavy atom. The largest absolute Gasteiger partial charge is 0.389 e. The molecule has 4 heteroatoms. The second-order valence-corrected chi connectivity index (χ2v) is 5.04. The summed E-state index contributed by atoms with van der Waals surface area (Å²) in [4.78, 5) is 34.6. The normalized spacial score (nSPS) is 39.6. The Morgan fingerprint density at radius 2 is 1.81 bits per heavy atom. The van der Waals surface area contributed by atoms with Crippen LogP contribution < -0.4 is 0 Å². The molecular formula is C12H18O4. The second kappa shape index (κ2) is 4.09. The fraction of sp³-hybridized carbons (Fsp3) is 0.750. The van der Waals surface area contributed by atoms with Crippen LogP contribution in [-0.2, 0) is 14.4 Å². The molecule has 0 saturated heterocycles. The standard InChI is InChI=1S/C12H18O4/c1-6-10(7(2)13)9(15)5-12(4,16)11(6)8(3)14/h6,10-11,16H,5H2,1-4H3/t6-,10-,11-,12+/m1/s1. The van der Waals surface area contributed by atoms with Crippen LogP contribution in [0.25, 0.3) is 0 Å². The molecule has 1 aliphatic rings. The van der Waals surface area contributed by atoms with E-state index in [1.165, 1.54) is 20.8 Å². The van der Waals surface area contributed by atoms with Crippen LogP contribution in [0.1, 0.15) is 34.1 Å². The summed E-state index contributed by atoms with van der Waals surface area (Å²) >= 11 is 0. The molecule has 1 fully saturated rings. The molecule has 0 aromatic rings. The molecule has 0 spiro atoms. The van der Waals surface area contributed by atoms with Crippen LogP contribution in [0.5, 0.6) is 0 Å². The first kappa shape index (κ1) is 13.0. The number of aliphatic hydroxyl groups is 1. The third kappa shape index (κ3) is 2.07. The number of hydrogen-bond donors (Lipinski definition) is 1. The van der Waals surface area contributed by atoms with Crippen molar-refractivity contribution in [3.8, 4) is 0 Å². The molecule has 0 unspecified atom stereocenters. The van der Waals surface area contributed by atoms with Crippen LogP contribution in [0, 0.1) is 17.8 Å². The monoisotopic (exact) mass is 226 g/mol. The Balaban J connectivity index is 3.13. The van der Waals surface area contributed by atoms with E-state index in [1.54, 1.807) is 6.92 Å². The SMILES string of the molecule is CC(=O)[C@@H]1C(=O)C[C@](C)(O)[C@@H](C(C)=O)[C@@H]1C. The molecule has 0 aromatic heterocycles. The summed E-state index contributed by atoms with van der Waals surface area (Å²) in [6, 6.07) is 0. The highest BCUT2D eigenvalue weighted by Crippen LogP contribution is 2.40. The van der Waals surface area contributed by atoms with E-state index in [9.17, 15) is 19.5 Å². The van der Waals surface area contributed by atoms with Gasteiger partial charge in [0.05, 0.1) is 11.5 Å². The van der Waals surface area contributed by atoms with E-state index in [1.807, 2.05) is 0 Å². The van der Waals surface area contributed by atoms with Crippen molar-refractivity contribution in [2.75, 3.05) is 0 Å². The zero-order valence-corrected chi connectivity index (χ0v) is 10.1. The van der Waals surface area contributed by atoms with Gasteiger partial charge in [-0.15, -0.1) is 0 Å². The fourth-order valence-electron chi connectivity index (χ4n) is 3.03. The quantitative estimate of drug-likeness (QED) is 0.705. The summed E-state index contributed by atoms with van der Waals surface area (Å²) in [7, 11) is 0. The Labute approximate surface area is 95.0 Å². The van der Waals surface area contributed by atoms with Gasteiger partial charge in [-0.3, -0.25) is 14.4 Å². The number of carbonyl (C=O) groups excluding carboxylic acids is 3. The number of carbonyl (C=O) groups is 3. The third-order valence-electron chi connectivity index (χ3n) is 3.48. The molecule has 16 heavy (non-hydrogen) atoms. The van der Waals surface area contributed by atoms with Gasteiger partial charge >= 0.3 is 0 Å². The molecule has 4 atom stereocenters. The van der Waals surface area contributed by atoms with Crippen LogP contribution in [-0.4, -0.2) is 28.1 Å². The molecule has 0 aromatic carbocycles. The van der Waals surface area contributed by atoms with Crippen molar-refractivity contribution in [2.24, 2.45) is 17.8 Å². The van der Waals surface area contributed by atoms with E-state index < -0.39 is 23.4 Å². The molecule has 0 radical (unpaired) electrons. The molecule has 1 rings (SSSR count). The average molecular weight is 226 g/mol. The topological polar surface area (TPSA) is 71.4 Å². The average Bonchev–Trinajstić information content (AvgIpc) is 1.97. The van der Waals surface area contributed by atoms with E-state index in [-0.39, 0.29) is 23.8 Å². The Kier molecular flexibility index (Phi) is 3.33. The molecule has 0 aliphatic heterocycles. The third-order valence-corrected chi connectivity index (χ3v) is 3.48. The molecular weight excluding hydrogens is 208 g/mol. The van der Waals surface area contributed by atoms with Gasteiger partial charge in [0.25, 0.3) is 0 Å². The zero-order valence-electron chi connectivity index (χ0n) is 10.1. The van der Waals surface area contributed by atoms with E-state index >= 15 is 0 Å². The van der Waals surface area contributed by atoms with Gasteiger partial charge in [-0.25, -0.2) is 0 Å². The van der Waals surface area contributed by atoms with Gasteiger partial charge in [-0.2, -0.15) is 0 Å². The molecule has 1 aliphatic carbocycles. The van der Waals surface area contributed by atoms with Crippen molar-refractivity contribution in [3.05, 3.63) is 0 Å². The first-order valence-electron chi connectivity index (χ1n) is 5.44. The van der Waals surface area contributed by atoms with Crippen LogP contribution in [0.2, 0.25) is 0 Å². The maximum Gasteiger partial charge on any atom is 0.146 e. The highest BCUT2D eigenvalue weighted by molar-refractivity contribution is 6.03. The maximum atomic E-state index is 11.7. The molecule has 90 valence electrons. The number of rotatable bonds is 2. The first-order valence-corrected chi connectivity index (χ1v) is 5.44. The van der Waals surface area contributed by atoms with Gasteiger partial charge in [0.2, 0.25) is 0 Å². The minimum atomic E-state index is -1.33. The van der Waals surface area contributed by atoms with Crippen LogP contribution in [0.3, 0.4) is 0 Å². The zero-order chi connectivity index (χ0) is 12.7. The Bertz CT molecular complexity index is 343. The molecule has 1 N–H and O–H groups in total. The summed E-state index contributed by atoms with van der Waals surface area (Å²) < 4.78 is 0. The van der Waals surface area contributed by atoms with Gasteiger partial charge in [-0.1, -0.05) is 6.92 Å². The fourth-order valence-corrected chi connectivity index (χ4v) is 3.03. The Hall–Kier alpha value is -1.03. The van der Waals surface area contributed by atoms with Gasteiger partial charge in [0.15, 0.2) is 0 Å². The van der Waals surface area contributed by atoms with Crippen LogP contribution in [0.15, 0.2) is 0 Å². The highest BCUT2D eigenvalue weighted by atomic mass is 16.3. The molecule has 4 nitrogen and oxygen atoms in total. The number of hydrogen-bond acceptors (Lipinski definition) is 4.